The Morgan fingerprint density at radius 2 is 1.80 bits per heavy atom. The van der Waals surface area contributed by atoms with Gasteiger partial charge >= 0.3 is 0 Å². The number of hydrogen-bond donors (Lipinski definition) is 1. The summed E-state index contributed by atoms with van der Waals surface area (Å²) in [7, 11) is 0. The standard InChI is InChI=1S/C15H10Cl2FNO/c16-11-3-1-10(14(17)9-11)2-8-15(20)19-13-6-4-12(18)5-7-13/h1-9H,(H,19,20). The Kier molecular flexibility index (Phi) is 4.77. The summed E-state index contributed by atoms with van der Waals surface area (Å²) >= 11 is 11.8. The Morgan fingerprint density at radius 3 is 2.45 bits per heavy atom. The maximum Gasteiger partial charge on any atom is 0.248 e. The molecule has 20 heavy (non-hydrogen) atoms. The van der Waals surface area contributed by atoms with Crippen molar-refractivity contribution < 1.29 is 9.18 Å². The summed E-state index contributed by atoms with van der Waals surface area (Å²) in [5.41, 5.74) is 1.20. The molecule has 0 radical (unpaired) electrons. The van der Waals surface area contributed by atoms with Crippen molar-refractivity contribution in [3.05, 3.63) is 70.0 Å². The van der Waals surface area contributed by atoms with Crippen LogP contribution in [0.2, 0.25) is 10.0 Å². The first-order chi connectivity index (χ1) is 9.54. The molecule has 2 rings (SSSR count). The Hall–Kier alpha value is -1.84. The Labute approximate surface area is 125 Å². The van der Waals surface area contributed by atoms with Crippen LogP contribution in [-0.2, 0) is 4.79 Å². The lowest BCUT2D eigenvalue weighted by molar-refractivity contribution is -0.111. The molecule has 1 N–H and O–H groups in total. The zero-order valence-electron chi connectivity index (χ0n) is 10.2. The van der Waals surface area contributed by atoms with Crippen molar-refractivity contribution in [1.29, 1.82) is 0 Å². The topological polar surface area (TPSA) is 29.1 Å². The summed E-state index contributed by atoms with van der Waals surface area (Å²) in [5.74, 6) is -0.686. The number of nitrogens with one attached hydrogen (secondary N) is 1. The van der Waals surface area contributed by atoms with Crippen LogP contribution in [0.3, 0.4) is 0 Å². The van der Waals surface area contributed by atoms with Gasteiger partial charge in [0.15, 0.2) is 0 Å². The van der Waals surface area contributed by atoms with Crippen LogP contribution in [0.15, 0.2) is 48.5 Å². The molecule has 0 bridgehead atoms. The van der Waals surface area contributed by atoms with Crippen LogP contribution in [0, 0.1) is 5.82 Å². The van der Waals surface area contributed by atoms with E-state index < -0.39 is 0 Å². The third-order valence-electron chi connectivity index (χ3n) is 2.49. The van der Waals surface area contributed by atoms with Gasteiger partial charge in [0.05, 0.1) is 0 Å². The van der Waals surface area contributed by atoms with Crippen molar-refractivity contribution in [2.24, 2.45) is 0 Å². The molecule has 0 aromatic heterocycles. The van der Waals surface area contributed by atoms with Gasteiger partial charge in [0.2, 0.25) is 5.91 Å². The smallest absolute Gasteiger partial charge is 0.248 e. The maximum atomic E-state index is 12.7. The second-order valence-corrected chi connectivity index (χ2v) is 4.84. The van der Waals surface area contributed by atoms with Crippen molar-refractivity contribution in [2.75, 3.05) is 5.32 Å². The van der Waals surface area contributed by atoms with Crippen LogP contribution in [-0.4, -0.2) is 5.91 Å². The van der Waals surface area contributed by atoms with Crippen LogP contribution in [0.1, 0.15) is 5.56 Å². The van der Waals surface area contributed by atoms with Gasteiger partial charge in [-0.15, -0.1) is 0 Å². The van der Waals surface area contributed by atoms with Gasteiger partial charge in [-0.1, -0.05) is 29.3 Å². The van der Waals surface area contributed by atoms with Crippen LogP contribution in [0.25, 0.3) is 6.08 Å². The van der Waals surface area contributed by atoms with Crippen LogP contribution >= 0.6 is 23.2 Å². The lowest BCUT2D eigenvalue weighted by Crippen LogP contribution is -2.07. The summed E-state index contributed by atoms with van der Waals surface area (Å²) in [6, 6.07) is 10.5. The van der Waals surface area contributed by atoms with Gasteiger partial charge in [-0.25, -0.2) is 4.39 Å². The largest absolute Gasteiger partial charge is 0.323 e. The normalized spacial score (nSPS) is 10.8. The van der Waals surface area contributed by atoms with E-state index in [0.717, 1.165) is 0 Å². The molecule has 0 aliphatic carbocycles. The molecule has 5 heteroatoms. The third kappa shape index (κ3) is 4.08. The maximum absolute atomic E-state index is 12.7. The lowest BCUT2D eigenvalue weighted by Gasteiger charge is -2.02. The molecule has 2 aromatic carbocycles. The van der Waals surface area contributed by atoms with E-state index in [1.165, 1.54) is 30.3 Å². The molecule has 0 aliphatic rings. The molecule has 0 unspecified atom stereocenters. The minimum atomic E-state index is -0.355. The highest BCUT2D eigenvalue weighted by molar-refractivity contribution is 6.35. The fourth-order valence-corrected chi connectivity index (χ4v) is 1.99. The average Bonchev–Trinajstić information content (AvgIpc) is 2.40. The highest BCUT2D eigenvalue weighted by Gasteiger charge is 2.00. The zero-order valence-corrected chi connectivity index (χ0v) is 11.8. The third-order valence-corrected chi connectivity index (χ3v) is 3.05. The molecule has 0 atom stereocenters. The Bertz CT molecular complexity index is 653. The second-order valence-electron chi connectivity index (χ2n) is 4.00. The minimum absolute atomic E-state index is 0.331. The predicted molar refractivity (Wildman–Crippen MR) is 80.5 cm³/mol. The fourth-order valence-electron chi connectivity index (χ4n) is 1.52. The number of carbonyl (C=O) groups excluding carboxylic acids is 1. The summed E-state index contributed by atoms with van der Waals surface area (Å²) < 4.78 is 12.7. The average molecular weight is 310 g/mol. The molecule has 0 saturated heterocycles. The number of rotatable bonds is 3. The van der Waals surface area contributed by atoms with E-state index in [1.54, 1.807) is 24.3 Å². The van der Waals surface area contributed by atoms with Crippen LogP contribution in [0.5, 0.6) is 0 Å². The van der Waals surface area contributed by atoms with Crippen molar-refractivity contribution in [1.82, 2.24) is 0 Å². The summed E-state index contributed by atoms with van der Waals surface area (Å²) in [5, 5.41) is 3.60. The van der Waals surface area contributed by atoms with E-state index in [0.29, 0.717) is 21.3 Å². The van der Waals surface area contributed by atoms with E-state index in [-0.39, 0.29) is 11.7 Å². The number of amides is 1. The van der Waals surface area contributed by atoms with Crippen molar-refractivity contribution in [3.8, 4) is 0 Å². The van der Waals surface area contributed by atoms with Crippen molar-refractivity contribution >= 4 is 40.9 Å². The molecule has 0 heterocycles. The monoisotopic (exact) mass is 309 g/mol. The number of anilines is 1. The number of carbonyl (C=O) groups is 1. The molecule has 1 amide bonds. The van der Waals surface area contributed by atoms with Gasteiger partial charge in [0.1, 0.15) is 5.82 Å². The lowest BCUT2D eigenvalue weighted by atomic mass is 10.2. The highest BCUT2D eigenvalue weighted by atomic mass is 35.5. The quantitative estimate of drug-likeness (QED) is 0.812. The highest BCUT2D eigenvalue weighted by Crippen LogP contribution is 2.22. The van der Waals surface area contributed by atoms with E-state index in [9.17, 15) is 9.18 Å². The van der Waals surface area contributed by atoms with E-state index in [4.69, 9.17) is 23.2 Å². The van der Waals surface area contributed by atoms with E-state index in [2.05, 4.69) is 5.32 Å². The Morgan fingerprint density at radius 1 is 1.10 bits per heavy atom. The van der Waals surface area contributed by atoms with Crippen molar-refractivity contribution in [2.45, 2.75) is 0 Å². The molecule has 2 nitrogen and oxygen atoms in total. The van der Waals surface area contributed by atoms with E-state index >= 15 is 0 Å². The molecular weight excluding hydrogens is 300 g/mol. The second kappa shape index (κ2) is 6.55. The van der Waals surface area contributed by atoms with Crippen molar-refractivity contribution in [3.63, 3.8) is 0 Å². The summed E-state index contributed by atoms with van der Waals surface area (Å²) in [6.07, 6.45) is 2.93. The van der Waals surface area contributed by atoms with E-state index in [1.807, 2.05) is 0 Å². The molecule has 102 valence electrons. The SMILES string of the molecule is O=C(C=Cc1ccc(Cl)cc1Cl)Nc1ccc(F)cc1. The molecule has 0 spiro atoms. The number of halogens is 3. The molecule has 0 aliphatic heterocycles. The predicted octanol–water partition coefficient (Wildman–Crippen LogP) is 4.78. The van der Waals surface area contributed by atoms with Crippen LogP contribution < -0.4 is 5.32 Å². The minimum Gasteiger partial charge on any atom is -0.323 e. The number of hydrogen-bond acceptors (Lipinski definition) is 1. The first kappa shape index (κ1) is 14.6. The zero-order chi connectivity index (χ0) is 14.5. The van der Waals surface area contributed by atoms with Gasteiger partial charge in [0, 0.05) is 21.8 Å². The van der Waals surface area contributed by atoms with Gasteiger partial charge < -0.3 is 5.32 Å². The fraction of sp³-hybridized carbons (Fsp3) is 0. The number of benzene rings is 2. The molecule has 2 aromatic rings. The van der Waals surface area contributed by atoms with Crippen LogP contribution in [0.4, 0.5) is 10.1 Å². The first-order valence-electron chi connectivity index (χ1n) is 5.74. The summed E-state index contributed by atoms with van der Waals surface area (Å²) in [4.78, 5) is 11.7. The molecular formula is C15H10Cl2FNO. The summed E-state index contributed by atoms with van der Waals surface area (Å²) in [6.45, 7) is 0. The van der Waals surface area contributed by atoms with Gasteiger partial charge in [-0.05, 0) is 48.0 Å². The Balaban J connectivity index is 2.03. The van der Waals surface area contributed by atoms with Gasteiger partial charge in [-0.3, -0.25) is 4.79 Å². The van der Waals surface area contributed by atoms with Gasteiger partial charge in [-0.2, -0.15) is 0 Å². The first-order valence-corrected chi connectivity index (χ1v) is 6.50. The van der Waals surface area contributed by atoms with Gasteiger partial charge in [0.25, 0.3) is 0 Å². The molecule has 0 fully saturated rings. The molecule has 0 saturated carbocycles.